The second kappa shape index (κ2) is 11.0. The molecule has 0 saturated carbocycles. The summed E-state index contributed by atoms with van der Waals surface area (Å²) in [5.74, 6) is 1.63. The second-order valence-corrected chi connectivity index (χ2v) is 11.2. The molecule has 0 aliphatic heterocycles. The molecule has 0 heterocycles. The van der Waals surface area contributed by atoms with Crippen molar-refractivity contribution in [1.82, 2.24) is 0 Å². The van der Waals surface area contributed by atoms with Crippen LogP contribution in [-0.2, 0) is 0 Å². The van der Waals surface area contributed by atoms with Crippen molar-refractivity contribution in [3.8, 4) is 33.8 Å². The summed E-state index contributed by atoms with van der Waals surface area (Å²) < 4.78 is 12.2. The van der Waals surface area contributed by atoms with Crippen LogP contribution in [0.3, 0.4) is 0 Å². The molecular weight excluding hydrogens is 471 g/mol. The van der Waals surface area contributed by atoms with Crippen LogP contribution >= 0.6 is 7.92 Å². The number of hydrogen-bond acceptors (Lipinski definition) is 2. The van der Waals surface area contributed by atoms with Crippen molar-refractivity contribution < 1.29 is 9.47 Å². The van der Waals surface area contributed by atoms with Gasteiger partial charge in [-0.2, -0.15) is 0 Å². The summed E-state index contributed by atoms with van der Waals surface area (Å²) in [5.41, 5.74) is 6.86. The van der Waals surface area contributed by atoms with Gasteiger partial charge in [0.15, 0.2) is 0 Å². The van der Waals surface area contributed by atoms with E-state index in [4.69, 9.17) is 9.47 Å². The molecule has 0 fully saturated rings. The zero-order valence-corrected chi connectivity index (χ0v) is 22.6. The Kier molecular flexibility index (Phi) is 7.40. The minimum atomic E-state index is -0.812. The molecule has 0 aromatic heterocycles. The standard InChI is InChI=1S/C34H31O2P/c1-24-14-13-20-28(25(24)2)29-22-23-31(35-3)33(34(29)36-4)30-19-11-12-21-32(30)37(26-15-7-5-8-16-26)27-17-9-6-10-18-27/h5-23H,1-4H3. The van der Waals surface area contributed by atoms with Gasteiger partial charge in [-0.15, -0.1) is 0 Å². The predicted octanol–water partition coefficient (Wildman–Crippen LogP) is 7.41. The van der Waals surface area contributed by atoms with E-state index >= 15 is 0 Å². The third kappa shape index (κ3) is 4.78. The monoisotopic (exact) mass is 502 g/mol. The van der Waals surface area contributed by atoms with Gasteiger partial charge in [0.2, 0.25) is 0 Å². The van der Waals surface area contributed by atoms with E-state index in [0.29, 0.717) is 0 Å². The van der Waals surface area contributed by atoms with Crippen molar-refractivity contribution in [2.45, 2.75) is 13.8 Å². The molecule has 37 heavy (non-hydrogen) atoms. The van der Waals surface area contributed by atoms with E-state index in [2.05, 4.69) is 129 Å². The van der Waals surface area contributed by atoms with Crippen molar-refractivity contribution in [2.24, 2.45) is 0 Å². The first-order chi connectivity index (χ1) is 18.1. The van der Waals surface area contributed by atoms with Gasteiger partial charge in [0.25, 0.3) is 0 Å². The minimum Gasteiger partial charge on any atom is -0.496 e. The van der Waals surface area contributed by atoms with Crippen LogP contribution in [0.5, 0.6) is 11.5 Å². The van der Waals surface area contributed by atoms with Crippen LogP contribution in [-0.4, -0.2) is 14.2 Å². The number of rotatable bonds is 7. The Labute approximate surface area is 221 Å². The fourth-order valence-corrected chi connectivity index (χ4v) is 7.38. The normalized spacial score (nSPS) is 10.9. The molecule has 2 nitrogen and oxygen atoms in total. The zero-order chi connectivity index (χ0) is 25.8. The molecule has 0 spiro atoms. The maximum atomic E-state index is 6.20. The van der Waals surface area contributed by atoms with Gasteiger partial charge in [0, 0.05) is 5.56 Å². The summed E-state index contributed by atoms with van der Waals surface area (Å²) in [7, 11) is 2.68. The van der Waals surface area contributed by atoms with E-state index in [-0.39, 0.29) is 0 Å². The van der Waals surface area contributed by atoms with Gasteiger partial charge >= 0.3 is 0 Å². The molecule has 5 rings (SSSR count). The summed E-state index contributed by atoms with van der Waals surface area (Å²) in [6.07, 6.45) is 0. The van der Waals surface area contributed by atoms with Crippen molar-refractivity contribution >= 4 is 23.8 Å². The highest BCUT2D eigenvalue weighted by Crippen LogP contribution is 2.47. The molecular formula is C34H31O2P. The SMILES string of the molecule is COc1ccc(-c2cccc(C)c2C)c(OC)c1-c1ccccc1P(c1ccccc1)c1ccccc1. The molecule has 0 aliphatic rings. The van der Waals surface area contributed by atoms with Crippen LogP contribution in [0.25, 0.3) is 22.3 Å². The van der Waals surface area contributed by atoms with Crippen LogP contribution < -0.4 is 25.4 Å². The molecule has 5 aromatic carbocycles. The van der Waals surface area contributed by atoms with Gasteiger partial charge in [0.05, 0.1) is 19.8 Å². The lowest BCUT2D eigenvalue weighted by molar-refractivity contribution is 0.398. The third-order valence-electron chi connectivity index (χ3n) is 6.88. The summed E-state index contributed by atoms with van der Waals surface area (Å²) in [6.45, 7) is 4.32. The van der Waals surface area contributed by atoms with E-state index in [1.165, 1.54) is 32.6 Å². The molecule has 0 aliphatic carbocycles. The first-order valence-corrected chi connectivity index (χ1v) is 13.8. The molecule has 0 radical (unpaired) electrons. The van der Waals surface area contributed by atoms with Crippen LogP contribution in [0, 0.1) is 13.8 Å². The Morgan fingerprint density at radius 1 is 0.514 bits per heavy atom. The third-order valence-corrected chi connectivity index (χ3v) is 9.38. The van der Waals surface area contributed by atoms with Crippen LogP contribution in [0.1, 0.15) is 11.1 Å². The topological polar surface area (TPSA) is 18.5 Å². The number of aryl methyl sites for hydroxylation is 1. The van der Waals surface area contributed by atoms with Crippen LogP contribution in [0.15, 0.2) is 115 Å². The minimum absolute atomic E-state index is 0.800. The van der Waals surface area contributed by atoms with Crippen LogP contribution in [0.4, 0.5) is 0 Å². The molecule has 0 atom stereocenters. The Bertz CT molecular complexity index is 1470. The van der Waals surface area contributed by atoms with Gasteiger partial charge in [-0.05, 0) is 72.1 Å². The fraction of sp³-hybridized carbons (Fsp3) is 0.118. The van der Waals surface area contributed by atoms with Crippen molar-refractivity contribution in [2.75, 3.05) is 14.2 Å². The first kappa shape index (κ1) is 24.8. The Hall–Kier alpha value is -3.87. The Balaban J connectivity index is 1.81. The lowest BCUT2D eigenvalue weighted by Gasteiger charge is -2.25. The predicted molar refractivity (Wildman–Crippen MR) is 159 cm³/mol. The average molecular weight is 503 g/mol. The molecule has 0 N–H and O–H groups in total. The molecule has 3 heteroatoms. The first-order valence-electron chi connectivity index (χ1n) is 12.4. The number of methoxy groups -OCH3 is 2. The van der Waals surface area contributed by atoms with Gasteiger partial charge in [-0.25, -0.2) is 0 Å². The molecule has 0 unspecified atom stereocenters. The molecule has 0 saturated heterocycles. The average Bonchev–Trinajstić information content (AvgIpc) is 2.95. The lowest BCUT2D eigenvalue weighted by Crippen LogP contribution is -2.22. The van der Waals surface area contributed by atoms with Crippen molar-refractivity contribution in [3.05, 3.63) is 126 Å². The zero-order valence-electron chi connectivity index (χ0n) is 21.7. The fourth-order valence-electron chi connectivity index (χ4n) is 4.92. The largest absolute Gasteiger partial charge is 0.496 e. The highest BCUT2D eigenvalue weighted by Gasteiger charge is 2.25. The molecule has 0 bridgehead atoms. The molecule has 5 aromatic rings. The van der Waals surface area contributed by atoms with Gasteiger partial charge in [-0.3, -0.25) is 0 Å². The lowest BCUT2D eigenvalue weighted by atomic mass is 9.92. The van der Waals surface area contributed by atoms with Crippen molar-refractivity contribution in [1.29, 1.82) is 0 Å². The highest BCUT2D eigenvalue weighted by molar-refractivity contribution is 7.80. The van der Waals surface area contributed by atoms with E-state index in [1.54, 1.807) is 14.2 Å². The van der Waals surface area contributed by atoms with Crippen LogP contribution in [0.2, 0.25) is 0 Å². The molecule has 184 valence electrons. The Morgan fingerprint density at radius 3 is 1.73 bits per heavy atom. The van der Waals surface area contributed by atoms with E-state index < -0.39 is 7.92 Å². The van der Waals surface area contributed by atoms with Gasteiger partial charge < -0.3 is 9.47 Å². The van der Waals surface area contributed by atoms with Gasteiger partial charge in [-0.1, -0.05) is 103 Å². The molecule has 0 amide bonds. The number of hydrogen-bond donors (Lipinski definition) is 0. The summed E-state index contributed by atoms with van der Waals surface area (Å²) in [4.78, 5) is 0. The van der Waals surface area contributed by atoms with Gasteiger partial charge in [0.1, 0.15) is 11.5 Å². The maximum absolute atomic E-state index is 6.20. The Morgan fingerprint density at radius 2 is 1.11 bits per heavy atom. The smallest absolute Gasteiger partial charge is 0.138 e. The summed E-state index contributed by atoms with van der Waals surface area (Å²) >= 11 is 0. The second-order valence-electron chi connectivity index (χ2n) is 8.99. The quantitative estimate of drug-likeness (QED) is 0.216. The maximum Gasteiger partial charge on any atom is 0.138 e. The highest BCUT2D eigenvalue weighted by atomic mass is 31.1. The van der Waals surface area contributed by atoms with Crippen molar-refractivity contribution in [3.63, 3.8) is 0 Å². The number of ether oxygens (including phenoxy) is 2. The van der Waals surface area contributed by atoms with E-state index in [9.17, 15) is 0 Å². The summed E-state index contributed by atoms with van der Waals surface area (Å²) in [6, 6.07) is 40.9. The van der Waals surface area contributed by atoms with E-state index in [1.807, 2.05) is 0 Å². The number of benzene rings is 5. The van der Waals surface area contributed by atoms with E-state index in [0.717, 1.165) is 28.2 Å². The summed E-state index contributed by atoms with van der Waals surface area (Å²) in [5, 5.41) is 3.88.